The second-order valence-corrected chi connectivity index (χ2v) is 2.71. The van der Waals surface area contributed by atoms with Crippen LogP contribution in [0.15, 0.2) is 0 Å². The molecule has 0 amide bonds. The number of carbonyl (C=O) groups excluding carboxylic acids is 1. The standard InChI is InChI=1S/C7H10OS/c1-4-5-7(2,3)6(8)9/h1-3H3,(H,8,9). The predicted octanol–water partition coefficient (Wildman–Crippen LogP) is 1.49. The molecule has 0 rings (SSSR count). The van der Waals surface area contributed by atoms with Gasteiger partial charge in [-0.3, -0.25) is 4.79 Å². The molecule has 0 aliphatic rings. The summed E-state index contributed by atoms with van der Waals surface area (Å²) in [5.41, 5.74) is -0.585. The highest BCUT2D eigenvalue weighted by molar-refractivity contribution is 7.96. The Morgan fingerprint density at radius 1 is 1.56 bits per heavy atom. The van der Waals surface area contributed by atoms with E-state index in [4.69, 9.17) is 0 Å². The maximum atomic E-state index is 10.6. The maximum Gasteiger partial charge on any atom is 0.203 e. The fourth-order valence-electron chi connectivity index (χ4n) is 0.366. The number of carbonyl (C=O) groups is 1. The first kappa shape index (κ1) is 8.58. The van der Waals surface area contributed by atoms with E-state index in [1.165, 1.54) is 0 Å². The van der Waals surface area contributed by atoms with E-state index in [2.05, 4.69) is 24.5 Å². The monoisotopic (exact) mass is 142 g/mol. The summed E-state index contributed by atoms with van der Waals surface area (Å²) in [6.07, 6.45) is 0. The van der Waals surface area contributed by atoms with Gasteiger partial charge in [0.2, 0.25) is 5.12 Å². The molecule has 0 aromatic carbocycles. The first-order chi connectivity index (χ1) is 4.00. The molecule has 0 saturated carbocycles. The van der Waals surface area contributed by atoms with Gasteiger partial charge in [0.25, 0.3) is 0 Å². The molecule has 0 aromatic heterocycles. The lowest BCUT2D eigenvalue weighted by molar-refractivity contribution is -0.115. The minimum absolute atomic E-state index is 0.183. The van der Waals surface area contributed by atoms with Gasteiger partial charge in [-0.15, -0.1) is 18.5 Å². The summed E-state index contributed by atoms with van der Waals surface area (Å²) in [4.78, 5) is 10.6. The molecule has 0 aliphatic carbocycles. The van der Waals surface area contributed by atoms with E-state index in [9.17, 15) is 4.79 Å². The van der Waals surface area contributed by atoms with Crippen molar-refractivity contribution < 1.29 is 4.79 Å². The van der Waals surface area contributed by atoms with Gasteiger partial charge in [-0.2, -0.15) is 0 Å². The second-order valence-electron chi connectivity index (χ2n) is 2.31. The Hall–Kier alpha value is -0.420. The van der Waals surface area contributed by atoms with E-state index < -0.39 is 5.41 Å². The zero-order chi connectivity index (χ0) is 7.49. The lowest BCUT2D eigenvalue weighted by Gasteiger charge is -2.09. The first-order valence-corrected chi connectivity index (χ1v) is 3.12. The Balaban J connectivity index is 4.32. The second kappa shape index (κ2) is 2.93. The van der Waals surface area contributed by atoms with Crippen LogP contribution < -0.4 is 0 Å². The van der Waals surface area contributed by atoms with Crippen molar-refractivity contribution in [1.29, 1.82) is 0 Å². The van der Waals surface area contributed by atoms with Crippen molar-refractivity contribution in [3.8, 4) is 11.8 Å². The van der Waals surface area contributed by atoms with Gasteiger partial charge in [-0.25, -0.2) is 0 Å². The molecule has 0 aromatic rings. The highest BCUT2D eigenvalue weighted by Gasteiger charge is 2.20. The van der Waals surface area contributed by atoms with Crippen LogP contribution in [0.1, 0.15) is 20.8 Å². The molecular formula is C7H10OS. The summed E-state index contributed by atoms with van der Waals surface area (Å²) in [6, 6.07) is 0. The Labute approximate surface area is 61.2 Å². The number of hydrogen-bond acceptors (Lipinski definition) is 1. The number of thiol groups is 1. The van der Waals surface area contributed by atoms with E-state index in [1.54, 1.807) is 20.8 Å². The molecular weight excluding hydrogens is 132 g/mol. The fraction of sp³-hybridized carbons (Fsp3) is 0.571. The highest BCUT2D eigenvalue weighted by Crippen LogP contribution is 2.16. The summed E-state index contributed by atoms with van der Waals surface area (Å²) in [5, 5.41) is -0.183. The van der Waals surface area contributed by atoms with E-state index >= 15 is 0 Å². The molecule has 0 saturated heterocycles. The molecule has 0 N–H and O–H groups in total. The average molecular weight is 142 g/mol. The van der Waals surface area contributed by atoms with E-state index in [-0.39, 0.29) is 5.12 Å². The van der Waals surface area contributed by atoms with Gasteiger partial charge < -0.3 is 0 Å². The van der Waals surface area contributed by atoms with Crippen LogP contribution in [0, 0.1) is 17.3 Å². The van der Waals surface area contributed by atoms with Crippen LogP contribution >= 0.6 is 12.6 Å². The van der Waals surface area contributed by atoms with Gasteiger partial charge in [0, 0.05) is 0 Å². The minimum atomic E-state index is -0.585. The van der Waals surface area contributed by atoms with Crippen LogP contribution in [0.25, 0.3) is 0 Å². The molecule has 0 bridgehead atoms. The van der Waals surface area contributed by atoms with Gasteiger partial charge in [-0.05, 0) is 20.8 Å². The third-order valence-corrected chi connectivity index (χ3v) is 1.53. The molecule has 50 valence electrons. The summed E-state index contributed by atoms with van der Waals surface area (Å²) < 4.78 is 0. The average Bonchev–Trinajstić information content (AvgIpc) is 1.65. The predicted molar refractivity (Wildman–Crippen MR) is 41.2 cm³/mol. The van der Waals surface area contributed by atoms with Gasteiger partial charge in [-0.1, -0.05) is 5.92 Å². The highest BCUT2D eigenvalue weighted by atomic mass is 32.1. The SMILES string of the molecule is CC#CC(C)(C)C(=O)S. The van der Waals surface area contributed by atoms with E-state index in [0.29, 0.717) is 0 Å². The first-order valence-electron chi connectivity index (χ1n) is 2.68. The van der Waals surface area contributed by atoms with E-state index in [1.807, 2.05) is 0 Å². The summed E-state index contributed by atoms with van der Waals surface area (Å²) in [5.74, 6) is 5.41. The number of hydrogen-bond donors (Lipinski definition) is 1. The van der Waals surface area contributed by atoms with Crippen LogP contribution in [-0.2, 0) is 4.79 Å². The van der Waals surface area contributed by atoms with Gasteiger partial charge in [0.1, 0.15) is 0 Å². The summed E-state index contributed by atoms with van der Waals surface area (Å²) in [7, 11) is 0. The zero-order valence-corrected chi connectivity index (χ0v) is 6.75. The van der Waals surface area contributed by atoms with Crippen LogP contribution in [-0.4, -0.2) is 5.12 Å². The van der Waals surface area contributed by atoms with Crippen LogP contribution in [0.5, 0.6) is 0 Å². The Bertz CT molecular complexity index is 171. The smallest absolute Gasteiger partial charge is 0.203 e. The van der Waals surface area contributed by atoms with Crippen molar-refractivity contribution in [2.24, 2.45) is 5.41 Å². The Kier molecular flexibility index (Phi) is 2.80. The molecule has 0 heterocycles. The largest absolute Gasteiger partial charge is 0.286 e. The third-order valence-electron chi connectivity index (χ3n) is 0.972. The molecule has 2 heteroatoms. The van der Waals surface area contributed by atoms with Crippen molar-refractivity contribution in [2.45, 2.75) is 20.8 Å². The fourth-order valence-corrected chi connectivity index (χ4v) is 0.422. The van der Waals surface area contributed by atoms with Crippen molar-refractivity contribution >= 4 is 17.7 Å². The molecule has 0 aliphatic heterocycles. The van der Waals surface area contributed by atoms with Crippen LogP contribution in [0.4, 0.5) is 0 Å². The van der Waals surface area contributed by atoms with Crippen molar-refractivity contribution in [1.82, 2.24) is 0 Å². The molecule has 0 radical (unpaired) electrons. The number of rotatable bonds is 1. The van der Waals surface area contributed by atoms with E-state index in [0.717, 1.165) is 0 Å². The topological polar surface area (TPSA) is 17.1 Å². The molecule has 9 heavy (non-hydrogen) atoms. The molecule has 0 unspecified atom stereocenters. The third kappa shape index (κ3) is 2.57. The molecule has 0 spiro atoms. The quantitative estimate of drug-likeness (QED) is 0.433. The summed E-state index contributed by atoms with van der Waals surface area (Å²) >= 11 is 3.67. The Morgan fingerprint density at radius 2 is 2.00 bits per heavy atom. The zero-order valence-electron chi connectivity index (χ0n) is 5.86. The van der Waals surface area contributed by atoms with Gasteiger partial charge in [0.15, 0.2) is 0 Å². The maximum absolute atomic E-state index is 10.6. The molecule has 0 fully saturated rings. The normalized spacial score (nSPS) is 9.78. The Morgan fingerprint density at radius 3 is 2.11 bits per heavy atom. The lowest BCUT2D eigenvalue weighted by Crippen LogP contribution is -2.16. The minimum Gasteiger partial charge on any atom is -0.286 e. The van der Waals surface area contributed by atoms with Crippen LogP contribution in [0.2, 0.25) is 0 Å². The van der Waals surface area contributed by atoms with Gasteiger partial charge >= 0.3 is 0 Å². The van der Waals surface area contributed by atoms with Gasteiger partial charge in [0.05, 0.1) is 5.41 Å². The molecule has 0 atom stereocenters. The van der Waals surface area contributed by atoms with Crippen molar-refractivity contribution in [3.05, 3.63) is 0 Å². The van der Waals surface area contributed by atoms with Crippen molar-refractivity contribution in [3.63, 3.8) is 0 Å². The lowest BCUT2D eigenvalue weighted by atomic mass is 9.97. The van der Waals surface area contributed by atoms with Crippen LogP contribution in [0.3, 0.4) is 0 Å². The molecule has 1 nitrogen and oxygen atoms in total. The van der Waals surface area contributed by atoms with Crippen molar-refractivity contribution in [2.75, 3.05) is 0 Å². The summed E-state index contributed by atoms with van der Waals surface area (Å²) in [6.45, 7) is 5.20.